The number of methoxy groups -OCH3 is 2. The third-order valence-electron chi connectivity index (χ3n) is 12.3. The third-order valence-corrected chi connectivity index (χ3v) is 12.3. The van der Waals surface area contributed by atoms with Crippen LogP contribution in [0, 0.1) is 29.4 Å². The van der Waals surface area contributed by atoms with E-state index in [1.54, 1.807) is 25.9 Å². The van der Waals surface area contributed by atoms with E-state index in [-0.39, 0.29) is 57.6 Å². The Kier molecular flexibility index (Phi) is 9.28. The van der Waals surface area contributed by atoms with Gasteiger partial charge >= 0.3 is 6.01 Å². The van der Waals surface area contributed by atoms with Crippen molar-refractivity contribution in [2.75, 3.05) is 71.6 Å². The van der Waals surface area contributed by atoms with Gasteiger partial charge in [-0.1, -0.05) is 12.0 Å². The van der Waals surface area contributed by atoms with Crippen LogP contribution in [0.25, 0.3) is 43.7 Å². The molecule has 3 aromatic carbocycles. The molecule has 2 unspecified atom stereocenters. The van der Waals surface area contributed by atoms with Gasteiger partial charge in [-0.05, 0) is 67.7 Å². The van der Waals surface area contributed by atoms with Crippen LogP contribution >= 0.6 is 0 Å². The van der Waals surface area contributed by atoms with E-state index in [2.05, 4.69) is 20.6 Å². The van der Waals surface area contributed by atoms with Gasteiger partial charge in [0.15, 0.2) is 5.82 Å². The SMILES string of the molecule is C#Cc1c(F)ccc2cc(O)cc(-c3c(F)c4nc(OCC5(CN6CC[C@H](OC)C6)CC5)nc(N5C6CCC5CN(CCCOC)C6)c4c4cn(C)nc34)c12. The minimum absolute atomic E-state index is 0.0204. The van der Waals surface area contributed by atoms with Gasteiger partial charge in [0.25, 0.3) is 0 Å². The van der Waals surface area contributed by atoms with E-state index in [9.17, 15) is 5.11 Å². The highest BCUT2D eigenvalue weighted by atomic mass is 19.1. The van der Waals surface area contributed by atoms with Gasteiger partial charge in [0.05, 0.1) is 23.7 Å². The van der Waals surface area contributed by atoms with E-state index >= 15 is 8.78 Å². The first-order valence-electron chi connectivity index (χ1n) is 19.4. The summed E-state index contributed by atoms with van der Waals surface area (Å²) >= 11 is 0. The number of nitrogens with zero attached hydrogens (tertiary/aromatic N) is 7. The Morgan fingerprint density at radius 3 is 2.51 bits per heavy atom. The number of terminal acetylenes is 1. The summed E-state index contributed by atoms with van der Waals surface area (Å²) < 4.78 is 52.2. The maximum absolute atomic E-state index is 17.8. The average molecular weight is 752 g/mol. The number of benzene rings is 3. The first-order chi connectivity index (χ1) is 26.7. The highest BCUT2D eigenvalue weighted by molar-refractivity contribution is 6.18. The number of anilines is 1. The number of piperazine rings is 1. The summed E-state index contributed by atoms with van der Waals surface area (Å²) in [5, 5.41) is 17.7. The van der Waals surface area contributed by atoms with Crippen LogP contribution in [0.3, 0.4) is 0 Å². The molecule has 4 fully saturated rings. The number of rotatable bonds is 12. The monoisotopic (exact) mass is 751 g/mol. The first kappa shape index (κ1) is 36.1. The van der Waals surface area contributed by atoms with Crippen molar-refractivity contribution in [2.24, 2.45) is 12.5 Å². The molecule has 3 aliphatic heterocycles. The van der Waals surface area contributed by atoms with Gasteiger partial charge in [0.1, 0.15) is 28.4 Å². The number of aromatic hydroxyl groups is 1. The first-order valence-corrected chi connectivity index (χ1v) is 19.4. The smallest absolute Gasteiger partial charge is 0.319 e. The molecule has 0 spiro atoms. The summed E-state index contributed by atoms with van der Waals surface area (Å²) in [6, 6.07) is 6.16. The number of likely N-dealkylation sites (tertiary alicyclic amines) is 2. The van der Waals surface area contributed by atoms with Crippen molar-refractivity contribution in [1.82, 2.24) is 29.5 Å². The lowest BCUT2D eigenvalue weighted by atomic mass is 9.91. The fourth-order valence-electron chi connectivity index (χ4n) is 9.48. The Morgan fingerprint density at radius 2 is 1.80 bits per heavy atom. The second kappa shape index (κ2) is 14.2. The van der Waals surface area contributed by atoms with Crippen molar-refractivity contribution < 1.29 is 28.1 Å². The third kappa shape index (κ3) is 6.43. The molecule has 9 rings (SSSR count). The fraction of sp³-hybridized carbons (Fsp3) is 0.500. The molecular weight excluding hydrogens is 705 g/mol. The number of aromatic nitrogens is 4. The van der Waals surface area contributed by atoms with Crippen LogP contribution in [0.2, 0.25) is 0 Å². The van der Waals surface area contributed by atoms with Crippen LogP contribution < -0.4 is 9.64 Å². The molecule has 11 nitrogen and oxygen atoms in total. The molecule has 0 radical (unpaired) electrons. The molecule has 2 aromatic heterocycles. The minimum Gasteiger partial charge on any atom is -0.508 e. The number of phenols is 1. The van der Waals surface area contributed by atoms with E-state index in [0.717, 1.165) is 77.8 Å². The van der Waals surface area contributed by atoms with E-state index in [4.69, 9.17) is 35.7 Å². The largest absolute Gasteiger partial charge is 0.508 e. The Hall–Kier alpha value is -4.61. The molecule has 4 aliphatic rings. The lowest BCUT2D eigenvalue weighted by Gasteiger charge is -2.42. The summed E-state index contributed by atoms with van der Waals surface area (Å²) in [6.07, 6.45) is 14.0. The van der Waals surface area contributed by atoms with Gasteiger partial charge in [-0.25, -0.2) is 8.78 Å². The van der Waals surface area contributed by atoms with Gasteiger partial charge in [0.2, 0.25) is 0 Å². The van der Waals surface area contributed by atoms with Crippen LogP contribution in [0.15, 0.2) is 30.5 Å². The summed E-state index contributed by atoms with van der Waals surface area (Å²) in [5.41, 5.74) is 0.685. The van der Waals surface area contributed by atoms with Gasteiger partial charge < -0.3 is 24.2 Å². The summed E-state index contributed by atoms with van der Waals surface area (Å²) in [4.78, 5) is 17.3. The predicted octanol–water partition coefficient (Wildman–Crippen LogP) is 5.87. The Bertz CT molecular complexity index is 2330. The van der Waals surface area contributed by atoms with Crippen molar-refractivity contribution in [3.63, 3.8) is 0 Å². The molecule has 5 heterocycles. The average Bonchev–Trinajstić information content (AvgIpc) is 3.44. The lowest BCUT2D eigenvalue weighted by molar-refractivity contribution is 0.100. The molecule has 1 aliphatic carbocycles. The number of aryl methyl sites for hydroxylation is 1. The summed E-state index contributed by atoms with van der Waals surface area (Å²) in [5.74, 6) is 1.71. The number of hydrogen-bond acceptors (Lipinski definition) is 10. The standard InChI is InChI=1S/C42H47F2N7O4/c1-5-30-33(43)10-7-25-17-28(52)18-31(34(25)30)35-37(44)39-36(32-22-48(2)47-38(32)35)40(51-26-8-9-27(51)20-49(19-26)14-6-16-53-3)46-41(45-39)55-24-42(12-13-42)23-50-15-11-29(21-50)54-4/h1,7,10,17-18,22,26-27,29,52H,6,8-9,11-16,19-21,23-24H2,2-4H3/t26?,27?,29-/m0/s1. The molecule has 13 heteroatoms. The number of phenolic OH excluding ortho intramolecular Hbond substituents is 1. The molecule has 2 bridgehead atoms. The highest BCUT2D eigenvalue weighted by Crippen LogP contribution is 2.49. The molecule has 1 N–H and O–H groups in total. The molecule has 3 atom stereocenters. The fourth-order valence-corrected chi connectivity index (χ4v) is 9.48. The Labute approximate surface area is 319 Å². The number of ether oxygens (including phenoxy) is 3. The summed E-state index contributed by atoms with van der Waals surface area (Å²) in [7, 11) is 5.28. The zero-order valence-corrected chi connectivity index (χ0v) is 31.7. The van der Waals surface area contributed by atoms with Crippen molar-refractivity contribution in [3.05, 3.63) is 47.7 Å². The van der Waals surface area contributed by atoms with Gasteiger partial charge in [0, 0.05) is 107 Å². The lowest BCUT2D eigenvalue weighted by Crippen LogP contribution is -2.54. The van der Waals surface area contributed by atoms with E-state index in [0.29, 0.717) is 46.1 Å². The number of fused-ring (bicyclic) bond motifs is 6. The second-order valence-electron chi connectivity index (χ2n) is 16.0. The van der Waals surface area contributed by atoms with Crippen molar-refractivity contribution in [1.29, 1.82) is 0 Å². The molecule has 1 saturated carbocycles. The Morgan fingerprint density at radius 1 is 1.00 bits per heavy atom. The normalized spacial score (nSPS) is 22.3. The van der Waals surface area contributed by atoms with E-state index in [1.807, 2.05) is 6.20 Å². The molecule has 3 saturated heterocycles. The van der Waals surface area contributed by atoms with Crippen LogP contribution in [0.4, 0.5) is 14.6 Å². The van der Waals surface area contributed by atoms with Crippen LogP contribution in [-0.2, 0) is 16.5 Å². The highest BCUT2D eigenvalue weighted by Gasteiger charge is 2.47. The van der Waals surface area contributed by atoms with Gasteiger partial charge in [-0.15, -0.1) is 6.42 Å². The molecule has 0 amide bonds. The maximum atomic E-state index is 17.8. The van der Waals surface area contributed by atoms with Gasteiger partial charge in [-0.2, -0.15) is 15.1 Å². The predicted molar refractivity (Wildman–Crippen MR) is 208 cm³/mol. The quantitative estimate of drug-likeness (QED) is 0.123. The second-order valence-corrected chi connectivity index (χ2v) is 16.0. The zero-order valence-electron chi connectivity index (χ0n) is 31.7. The maximum Gasteiger partial charge on any atom is 0.319 e. The summed E-state index contributed by atoms with van der Waals surface area (Å²) in [6.45, 7) is 6.57. The van der Waals surface area contributed by atoms with E-state index < -0.39 is 11.6 Å². The molecule has 55 heavy (non-hydrogen) atoms. The van der Waals surface area contributed by atoms with E-state index in [1.165, 1.54) is 24.3 Å². The van der Waals surface area contributed by atoms with Crippen molar-refractivity contribution >= 4 is 38.4 Å². The molecule has 5 aromatic rings. The zero-order chi connectivity index (χ0) is 38.0. The van der Waals surface area contributed by atoms with Crippen molar-refractivity contribution in [2.45, 2.75) is 56.7 Å². The molecular formula is C42H47F2N7O4. The molecule has 288 valence electrons. The number of halogens is 2. The minimum atomic E-state index is -0.664. The van der Waals surface area contributed by atoms with Crippen LogP contribution in [-0.4, -0.2) is 120 Å². The van der Waals surface area contributed by atoms with Crippen molar-refractivity contribution in [3.8, 4) is 35.2 Å². The number of hydrogen-bond donors (Lipinski definition) is 1. The van der Waals surface area contributed by atoms with Crippen LogP contribution in [0.1, 0.15) is 44.1 Å². The van der Waals surface area contributed by atoms with Crippen LogP contribution in [0.5, 0.6) is 11.8 Å². The Balaban J connectivity index is 1.20. The van der Waals surface area contributed by atoms with Gasteiger partial charge in [-0.3, -0.25) is 14.5 Å². The topological polar surface area (TPSA) is 101 Å².